The third kappa shape index (κ3) is 4.34. The number of hydrogen-bond donors (Lipinski definition) is 2. The summed E-state index contributed by atoms with van der Waals surface area (Å²) in [5, 5.41) is 3.33. The molecule has 1 aliphatic rings. The zero-order chi connectivity index (χ0) is 18.5. The molecule has 0 radical (unpaired) electrons. The molecule has 0 saturated carbocycles. The molecule has 0 aliphatic carbocycles. The minimum atomic E-state index is -2.11. The van der Waals surface area contributed by atoms with Crippen molar-refractivity contribution in [3.05, 3.63) is 64.5 Å². The highest BCUT2D eigenvalue weighted by Gasteiger charge is 2.17. The van der Waals surface area contributed by atoms with Crippen LogP contribution < -0.4 is 5.32 Å². The number of aromatic nitrogens is 1. The number of nitrogens with zero attached hydrogens (tertiary/aromatic N) is 2. The van der Waals surface area contributed by atoms with Crippen molar-refractivity contribution in [1.29, 1.82) is 0 Å². The van der Waals surface area contributed by atoms with Gasteiger partial charge in [0.1, 0.15) is 0 Å². The molecule has 0 amide bonds. The molecule has 1 aromatic heterocycles. The van der Waals surface area contributed by atoms with Gasteiger partial charge in [0.25, 0.3) is 0 Å². The highest BCUT2D eigenvalue weighted by atomic mass is 32.2. The van der Waals surface area contributed by atoms with Crippen LogP contribution in [0.4, 0.5) is 0 Å². The van der Waals surface area contributed by atoms with Crippen molar-refractivity contribution in [1.82, 2.24) is 14.6 Å². The van der Waals surface area contributed by atoms with Crippen molar-refractivity contribution in [2.75, 3.05) is 13.7 Å². The molecule has 26 heavy (non-hydrogen) atoms. The molecule has 7 nitrogen and oxygen atoms in total. The van der Waals surface area contributed by atoms with Gasteiger partial charge in [-0.1, -0.05) is 18.2 Å². The summed E-state index contributed by atoms with van der Waals surface area (Å²) in [4.78, 5) is 15.6. The van der Waals surface area contributed by atoms with Crippen molar-refractivity contribution in [2.45, 2.75) is 26.1 Å². The normalized spacial score (nSPS) is 14.3. The number of rotatable bonds is 7. The second-order valence-electron chi connectivity index (χ2n) is 6.03. The molecule has 2 aromatic rings. The molecule has 1 aliphatic heterocycles. The Morgan fingerprint density at radius 3 is 2.88 bits per heavy atom. The lowest BCUT2D eigenvalue weighted by atomic mass is 10.0. The smallest absolute Gasteiger partial charge is 0.339 e. The van der Waals surface area contributed by atoms with Crippen LogP contribution >= 0.6 is 0 Å². The second-order valence-corrected chi connectivity index (χ2v) is 7.01. The van der Waals surface area contributed by atoms with Crippen molar-refractivity contribution in [3.8, 4) is 0 Å². The van der Waals surface area contributed by atoms with Crippen LogP contribution in [0.5, 0.6) is 0 Å². The second kappa shape index (κ2) is 8.50. The molecule has 0 saturated heterocycles. The number of nitrogens with one attached hydrogen (secondary N) is 1. The Morgan fingerprint density at radius 1 is 1.35 bits per heavy atom. The van der Waals surface area contributed by atoms with Crippen LogP contribution in [-0.2, 0) is 42.1 Å². The standard InChI is InChI=1S/C18H21N3O4S/c1-25-18(22)15-5-6-16(20-10-15)12-21(26(23)24)8-7-13-3-2-4-14-9-19-11-17(13)14/h2-6,10,19H,7-9,11-12H2,1H3,(H,23,24). The average Bonchev–Trinajstić information content (AvgIpc) is 3.14. The number of esters is 1. The molecule has 8 heteroatoms. The van der Waals surface area contributed by atoms with Crippen LogP contribution in [0.15, 0.2) is 36.5 Å². The number of carbonyl (C=O) groups excluding carboxylic acids is 1. The Labute approximate surface area is 154 Å². The molecular formula is C18H21N3O4S. The highest BCUT2D eigenvalue weighted by molar-refractivity contribution is 7.76. The minimum absolute atomic E-state index is 0.220. The lowest BCUT2D eigenvalue weighted by molar-refractivity contribution is 0.0600. The first kappa shape index (κ1) is 18.7. The fourth-order valence-electron chi connectivity index (χ4n) is 3.03. The van der Waals surface area contributed by atoms with Crippen LogP contribution in [0.25, 0.3) is 0 Å². The Balaban J connectivity index is 1.66. The first-order valence-corrected chi connectivity index (χ1v) is 9.34. The molecule has 3 rings (SSSR count). The summed E-state index contributed by atoms with van der Waals surface area (Å²) in [6.07, 6.45) is 2.09. The Bertz CT molecular complexity index is 811. The minimum Gasteiger partial charge on any atom is -0.465 e. The summed E-state index contributed by atoms with van der Waals surface area (Å²) in [6.45, 7) is 2.36. The number of ether oxygens (including phenoxy) is 1. The van der Waals surface area contributed by atoms with Crippen LogP contribution in [0.2, 0.25) is 0 Å². The Hall–Kier alpha value is -2.13. The van der Waals surface area contributed by atoms with Crippen LogP contribution in [-0.4, -0.2) is 37.7 Å². The van der Waals surface area contributed by atoms with E-state index in [0.29, 0.717) is 24.2 Å². The van der Waals surface area contributed by atoms with E-state index in [1.54, 1.807) is 12.1 Å². The van der Waals surface area contributed by atoms with Gasteiger partial charge in [0, 0.05) is 25.8 Å². The number of methoxy groups -OCH3 is 1. The van der Waals surface area contributed by atoms with E-state index in [9.17, 15) is 13.6 Å². The van der Waals surface area contributed by atoms with E-state index in [2.05, 4.69) is 27.2 Å². The van der Waals surface area contributed by atoms with Gasteiger partial charge in [-0.15, -0.1) is 0 Å². The predicted octanol–water partition coefficient (Wildman–Crippen LogP) is 1.65. The summed E-state index contributed by atoms with van der Waals surface area (Å²) in [6, 6.07) is 9.45. The first-order valence-electron chi connectivity index (χ1n) is 8.28. The van der Waals surface area contributed by atoms with Crippen LogP contribution in [0.1, 0.15) is 32.7 Å². The fraction of sp³-hybridized carbons (Fsp3) is 0.333. The SMILES string of the molecule is COC(=O)c1ccc(CN(CCc2cccc3c2CNC3)S(=O)O)nc1. The third-order valence-electron chi connectivity index (χ3n) is 4.42. The lowest BCUT2D eigenvalue weighted by Gasteiger charge is -2.18. The summed E-state index contributed by atoms with van der Waals surface area (Å²) < 4.78 is 27.4. The maximum atomic E-state index is 11.7. The van der Waals surface area contributed by atoms with Gasteiger partial charge in [-0.05, 0) is 35.2 Å². The Kier molecular flexibility index (Phi) is 6.10. The zero-order valence-corrected chi connectivity index (χ0v) is 15.3. The largest absolute Gasteiger partial charge is 0.465 e. The molecular weight excluding hydrogens is 354 g/mol. The highest BCUT2D eigenvalue weighted by Crippen LogP contribution is 2.20. The van der Waals surface area contributed by atoms with E-state index < -0.39 is 17.2 Å². The van der Waals surface area contributed by atoms with E-state index in [4.69, 9.17) is 0 Å². The van der Waals surface area contributed by atoms with E-state index >= 15 is 0 Å². The van der Waals surface area contributed by atoms with Gasteiger partial charge in [0.2, 0.25) is 11.3 Å². The van der Waals surface area contributed by atoms with Gasteiger partial charge in [-0.3, -0.25) is 9.54 Å². The van der Waals surface area contributed by atoms with Crippen LogP contribution in [0, 0.1) is 0 Å². The maximum Gasteiger partial charge on any atom is 0.339 e. The summed E-state index contributed by atoms with van der Waals surface area (Å²) >= 11 is -2.11. The maximum absolute atomic E-state index is 11.7. The molecule has 1 atom stereocenters. The number of fused-ring (bicyclic) bond motifs is 1. The fourth-order valence-corrected chi connectivity index (χ4v) is 3.52. The van der Waals surface area contributed by atoms with Gasteiger partial charge in [0.15, 0.2) is 0 Å². The average molecular weight is 375 g/mol. The Morgan fingerprint density at radius 2 is 2.19 bits per heavy atom. The first-order chi connectivity index (χ1) is 12.6. The van der Waals surface area contributed by atoms with E-state index in [1.807, 2.05) is 6.07 Å². The zero-order valence-electron chi connectivity index (χ0n) is 14.5. The quantitative estimate of drug-likeness (QED) is 0.565. The molecule has 2 N–H and O–H groups in total. The van der Waals surface area contributed by atoms with Gasteiger partial charge in [-0.2, -0.15) is 4.31 Å². The molecule has 1 aromatic carbocycles. The number of pyridine rings is 1. The summed E-state index contributed by atoms with van der Waals surface area (Å²) in [7, 11) is 1.31. The topological polar surface area (TPSA) is 91.8 Å². The predicted molar refractivity (Wildman–Crippen MR) is 97.4 cm³/mol. The van der Waals surface area contributed by atoms with E-state index in [-0.39, 0.29) is 6.54 Å². The molecule has 0 fully saturated rings. The number of hydrogen-bond acceptors (Lipinski definition) is 5. The van der Waals surface area contributed by atoms with Crippen molar-refractivity contribution < 1.29 is 18.3 Å². The van der Waals surface area contributed by atoms with Crippen molar-refractivity contribution in [2.24, 2.45) is 0 Å². The van der Waals surface area contributed by atoms with E-state index in [0.717, 1.165) is 13.1 Å². The van der Waals surface area contributed by atoms with Gasteiger partial charge >= 0.3 is 5.97 Å². The molecule has 0 bridgehead atoms. The molecule has 2 heterocycles. The summed E-state index contributed by atoms with van der Waals surface area (Å²) in [5.41, 5.74) is 4.73. The monoisotopic (exact) mass is 375 g/mol. The molecule has 1 unspecified atom stereocenters. The lowest BCUT2D eigenvalue weighted by Crippen LogP contribution is -2.28. The van der Waals surface area contributed by atoms with Crippen LogP contribution in [0.3, 0.4) is 0 Å². The number of carbonyl (C=O) groups is 1. The number of benzene rings is 1. The van der Waals surface area contributed by atoms with Crippen molar-refractivity contribution >= 4 is 17.2 Å². The summed E-state index contributed by atoms with van der Waals surface area (Å²) in [5.74, 6) is -0.460. The van der Waals surface area contributed by atoms with Gasteiger partial charge in [0.05, 0.1) is 24.9 Å². The van der Waals surface area contributed by atoms with Gasteiger partial charge in [-0.25, -0.2) is 9.00 Å². The van der Waals surface area contributed by atoms with E-state index in [1.165, 1.54) is 34.3 Å². The van der Waals surface area contributed by atoms with Crippen molar-refractivity contribution in [3.63, 3.8) is 0 Å². The third-order valence-corrected chi connectivity index (χ3v) is 5.18. The molecule has 138 valence electrons. The molecule has 0 spiro atoms. The van der Waals surface area contributed by atoms with Gasteiger partial charge < -0.3 is 10.1 Å².